The van der Waals surface area contributed by atoms with Crippen LogP contribution < -0.4 is 4.31 Å². The predicted octanol–water partition coefficient (Wildman–Crippen LogP) is 0.911. The van der Waals surface area contributed by atoms with E-state index in [1.54, 1.807) is 18.2 Å². The summed E-state index contributed by atoms with van der Waals surface area (Å²) in [5.74, 6) is -0.963. The number of nitriles is 1. The molecule has 0 bridgehead atoms. The molecule has 1 saturated heterocycles. The number of benzene rings is 2. The Kier molecular flexibility index (Phi) is 4.75. The Morgan fingerprint density at radius 2 is 1.77 bits per heavy atom. The fourth-order valence-corrected chi connectivity index (χ4v) is 6.55. The van der Waals surface area contributed by atoms with Crippen LogP contribution in [0.5, 0.6) is 0 Å². The van der Waals surface area contributed by atoms with Gasteiger partial charge in [-0.3, -0.25) is 4.31 Å². The number of para-hydroxylation sites is 1. The molecular weight excluding hydrogens is 376 g/mol. The molecule has 0 aromatic heterocycles. The third-order valence-corrected chi connectivity index (χ3v) is 7.67. The van der Waals surface area contributed by atoms with Gasteiger partial charge in [0.05, 0.1) is 45.9 Å². The number of hydrogen-bond acceptors (Lipinski definition) is 6. The van der Waals surface area contributed by atoms with Gasteiger partial charge in [-0.2, -0.15) is 5.26 Å². The molecule has 1 aliphatic rings. The number of anilines is 1. The number of rotatable bonds is 4. The van der Waals surface area contributed by atoms with Crippen molar-refractivity contribution in [2.45, 2.75) is 17.0 Å². The molecule has 7 nitrogen and oxygen atoms in total. The molecule has 0 radical (unpaired) electrons. The lowest BCUT2D eigenvalue weighted by Crippen LogP contribution is -2.47. The van der Waals surface area contributed by atoms with E-state index in [0.717, 1.165) is 4.31 Å². The lowest BCUT2D eigenvalue weighted by atomic mass is 10.2. The zero-order chi connectivity index (χ0) is 18.9. The molecular formula is C17H16N2O5S2. The highest BCUT2D eigenvalue weighted by Gasteiger charge is 2.45. The highest BCUT2D eigenvalue weighted by atomic mass is 32.2. The van der Waals surface area contributed by atoms with Gasteiger partial charge in [0.1, 0.15) is 0 Å². The summed E-state index contributed by atoms with van der Waals surface area (Å²) in [6.45, 7) is 0. The summed E-state index contributed by atoms with van der Waals surface area (Å²) >= 11 is 0. The van der Waals surface area contributed by atoms with E-state index in [0.29, 0.717) is 0 Å². The van der Waals surface area contributed by atoms with Crippen LogP contribution in [0.1, 0.15) is 5.56 Å². The van der Waals surface area contributed by atoms with Crippen LogP contribution in [0.15, 0.2) is 59.5 Å². The molecule has 0 saturated carbocycles. The van der Waals surface area contributed by atoms with Gasteiger partial charge in [-0.25, -0.2) is 16.8 Å². The molecule has 1 heterocycles. The van der Waals surface area contributed by atoms with Crippen molar-refractivity contribution in [2.75, 3.05) is 15.8 Å². The van der Waals surface area contributed by atoms with E-state index in [2.05, 4.69) is 0 Å². The minimum Gasteiger partial charge on any atom is -0.390 e. The molecule has 1 N–H and O–H groups in total. The van der Waals surface area contributed by atoms with Gasteiger partial charge in [-0.05, 0) is 30.3 Å². The van der Waals surface area contributed by atoms with E-state index in [9.17, 15) is 21.9 Å². The van der Waals surface area contributed by atoms with Gasteiger partial charge in [0.25, 0.3) is 10.0 Å². The molecule has 26 heavy (non-hydrogen) atoms. The molecule has 0 aliphatic carbocycles. The van der Waals surface area contributed by atoms with Gasteiger partial charge in [0, 0.05) is 0 Å². The molecule has 0 amide bonds. The lowest BCUT2D eigenvalue weighted by Gasteiger charge is -2.31. The third kappa shape index (κ3) is 3.44. The van der Waals surface area contributed by atoms with Crippen molar-refractivity contribution >= 4 is 25.5 Å². The summed E-state index contributed by atoms with van der Waals surface area (Å²) in [6, 6.07) is 14.2. The summed E-state index contributed by atoms with van der Waals surface area (Å²) in [6.07, 6.45) is -1.34. The van der Waals surface area contributed by atoms with Crippen LogP contribution in [0.4, 0.5) is 5.69 Å². The first-order valence-electron chi connectivity index (χ1n) is 7.73. The molecule has 2 atom stereocenters. The summed E-state index contributed by atoms with van der Waals surface area (Å²) in [5.41, 5.74) is 0.412. The van der Waals surface area contributed by atoms with Crippen LogP contribution in [-0.4, -0.2) is 45.6 Å². The maximum atomic E-state index is 13.3. The van der Waals surface area contributed by atoms with Gasteiger partial charge in [-0.15, -0.1) is 0 Å². The molecule has 2 aromatic carbocycles. The number of sulfonamides is 1. The third-order valence-electron chi connectivity index (χ3n) is 4.13. The molecule has 136 valence electrons. The standard InChI is InChI=1S/C17H16N2O5S2/c18-10-13-5-4-8-15(9-13)26(23,24)19(14-6-2-1-3-7-14)16-11-25(21,22)12-17(16)20/h1-9,16-17,20H,11-12H2/t16-,17-/m0/s1. The fourth-order valence-electron chi connectivity index (χ4n) is 2.96. The summed E-state index contributed by atoms with van der Waals surface area (Å²) in [4.78, 5) is -0.142. The first-order chi connectivity index (χ1) is 12.2. The van der Waals surface area contributed by atoms with E-state index in [4.69, 9.17) is 5.26 Å². The zero-order valence-corrected chi connectivity index (χ0v) is 15.2. The maximum Gasteiger partial charge on any atom is 0.264 e. The predicted molar refractivity (Wildman–Crippen MR) is 95.7 cm³/mol. The molecule has 3 rings (SSSR count). The highest BCUT2D eigenvalue weighted by molar-refractivity contribution is 7.93. The first kappa shape index (κ1) is 18.4. The quantitative estimate of drug-likeness (QED) is 0.827. The minimum absolute atomic E-state index is 0.142. The molecule has 9 heteroatoms. The Morgan fingerprint density at radius 3 is 2.35 bits per heavy atom. The van der Waals surface area contributed by atoms with Crippen LogP contribution in [0.2, 0.25) is 0 Å². The number of hydrogen-bond donors (Lipinski definition) is 1. The fraction of sp³-hybridized carbons (Fsp3) is 0.235. The van der Waals surface area contributed by atoms with E-state index < -0.39 is 43.5 Å². The van der Waals surface area contributed by atoms with Crippen LogP contribution in [0.3, 0.4) is 0 Å². The van der Waals surface area contributed by atoms with Gasteiger partial charge in [-0.1, -0.05) is 24.3 Å². The minimum atomic E-state index is -4.20. The second-order valence-electron chi connectivity index (χ2n) is 5.99. The number of aliphatic hydroxyl groups is 1. The average molecular weight is 392 g/mol. The van der Waals surface area contributed by atoms with Gasteiger partial charge in [0.2, 0.25) is 0 Å². The van der Waals surface area contributed by atoms with E-state index in [-0.39, 0.29) is 16.1 Å². The van der Waals surface area contributed by atoms with Crippen molar-refractivity contribution in [3.05, 3.63) is 60.2 Å². The first-order valence-corrected chi connectivity index (χ1v) is 11.0. The maximum absolute atomic E-state index is 13.3. The number of aliphatic hydroxyl groups excluding tert-OH is 1. The number of sulfone groups is 1. The molecule has 1 aliphatic heterocycles. The average Bonchev–Trinajstić information content (AvgIpc) is 2.88. The monoisotopic (exact) mass is 392 g/mol. The smallest absolute Gasteiger partial charge is 0.264 e. The highest BCUT2D eigenvalue weighted by Crippen LogP contribution is 2.31. The van der Waals surface area contributed by atoms with Gasteiger partial charge < -0.3 is 5.11 Å². The molecule has 2 aromatic rings. The van der Waals surface area contributed by atoms with Crippen molar-refractivity contribution < 1.29 is 21.9 Å². The summed E-state index contributed by atoms with van der Waals surface area (Å²) < 4.78 is 51.3. The topological polar surface area (TPSA) is 116 Å². The Bertz CT molecular complexity index is 1060. The summed E-state index contributed by atoms with van der Waals surface area (Å²) in [7, 11) is -7.76. The Balaban J connectivity index is 2.16. The van der Waals surface area contributed by atoms with Crippen molar-refractivity contribution in [1.29, 1.82) is 5.26 Å². The normalized spacial score (nSPS) is 21.8. The second kappa shape index (κ2) is 6.72. The van der Waals surface area contributed by atoms with E-state index >= 15 is 0 Å². The number of nitrogens with zero attached hydrogens (tertiary/aromatic N) is 2. The van der Waals surface area contributed by atoms with Gasteiger partial charge in [0.15, 0.2) is 9.84 Å². The van der Waals surface area contributed by atoms with Crippen LogP contribution in [0, 0.1) is 11.3 Å². The van der Waals surface area contributed by atoms with Gasteiger partial charge >= 0.3 is 0 Å². The molecule has 1 fully saturated rings. The lowest BCUT2D eigenvalue weighted by molar-refractivity contribution is 0.184. The van der Waals surface area contributed by atoms with E-state index in [1.807, 2.05) is 6.07 Å². The Morgan fingerprint density at radius 1 is 1.08 bits per heavy atom. The Labute approximate surface area is 152 Å². The van der Waals surface area contributed by atoms with Crippen LogP contribution in [0.25, 0.3) is 0 Å². The van der Waals surface area contributed by atoms with Crippen LogP contribution in [-0.2, 0) is 19.9 Å². The van der Waals surface area contributed by atoms with Crippen molar-refractivity contribution in [2.24, 2.45) is 0 Å². The van der Waals surface area contributed by atoms with Crippen molar-refractivity contribution in [1.82, 2.24) is 0 Å². The second-order valence-corrected chi connectivity index (χ2v) is 9.96. The van der Waals surface area contributed by atoms with E-state index in [1.165, 1.54) is 36.4 Å². The zero-order valence-electron chi connectivity index (χ0n) is 13.6. The van der Waals surface area contributed by atoms with Crippen molar-refractivity contribution in [3.8, 4) is 6.07 Å². The molecule has 0 spiro atoms. The van der Waals surface area contributed by atoms with Crippen molar-refractivity contribution in [3.63, 3.8) is 0 Å². The molecule has 0 unspecified atom stereocenters. The Hall–Kier alpha value is -2.41. The summed E-state index contributed by atoms with van der Waals surface area (Å²) in [5, 5.41) is 19.3. The SMILES string of the molecule is N#Cc1cccc(S(=O)(=O)N(c2ccccc2)[C@H]2CS(=O)(=O)C[C@@H]2O)c1. The van der Waals surface area contributed by atoms with Crippen LogP contribution >= 0.6 is 0 Å². The largest absolute Gasteiger partial charge is 0.390 e.